The highest BCUT2D eigenvalue weighted by Gasteiger charge is 2.25. The lowest BCUT2D eigenvalue weighted by Crippen LogP contribution is -2.47. The molecule has 0 aromatic heterocycles. The Labute approximate surface area is 188 Å². The summed E-state index contributed by atoms with van der Waals surface area (Å²) in [4.78, 5) is 28.3. The van der Waals surface area contributed by atoms with Crippen molar-refractivity contribution in [3.05, 3.63) is 59.1 Å². The zero-order valence-electron chi connectivity index (χ0n) is 17.7. The highest BCUT2D eigenvalue weighted by atomic mass is 35.5. The fourth-order valence-electron chi connectivity index (χ4n) is 2.84. The summed E-state index contributed by atoms with van der Waals surface area (Å²) < 4.78 is 5.20. The molecule has 7 heteroatoms. The SMILES string of the molecule is CCCNC(=O)[C@H](C)N(Cc1ccc(OC)cc1)C(=O)CCSc1ccc(Cl)cc1. The molecule has 2 amide bonds. The first-order chi connectivity index (χ1) is 14.4. The van der Waals surface area contributed by atoms with Crippen molar-refractivity contribution in [1.29, 1.82) is 0 Å². The maximum Gasteiger partial charge on any atom is 0.242 e. The molecule has 0 bridgehead atoms. The molecule has 0 aliphatic carbocycles. The minimum Gasteiger partial charge on any atom is -0.497 e. The van der Waals surface area contributed by atoms with E-state index < -0.39 is 6.04 Å². The lowest BCUT2D eigenvalue weighted by Gasteiger charge is -2.29. The second kappa shape index (κ2) is 12.5. The maximum atomic E-state index is 13.0. The van der Waals surface area contributed by atoms with Gasteiger partial charge < -0.3 is 15.0 Å². The van der Waals surface area contributed by atoms with E-state index in [9.17, 15) is 9.59 Å². The first kappa shape index (κ1) is 24.1. The van der Waals surface area contributed by atoms with Gasteiger partial charge in [0.15, 0.2) is 0 Å². The fraction of sp³-hybridized carbons (Fsp3) is 0.391. The summed E-state index contributed by atoms with van der Waals surface area (Å²) in [6.07, 6.45) is 1.19. The molecule has 2 aromatic carbocycles. The number of carbonyl (C=O) groups is 2. The summed E-state index contributed by atoms with van der Waals surface area (Å²) in [7, 11) is 1.61. The van der Waals surface area contributed by atoms with Crippen LogP contribution in [-0.4, -0.2) is 42.2 Å². The molecule has 0 spiro atoms. The standard InChI is InChI=1S/C23H29ClN2O3S/c1-4-14-25-23(28)17(2)26(16-18-5-9-20(29-3)10-6-18)22(27)13-15-30-21-11-7-19(24)8-12-21/h5-12,17H,4,13-16H2,1-3H3,(H,25,28)/t17-/m0/s1. The predicted octanol–water partition coefficient (Wildman–Crippen LogP) is 4.77. The minimum absolute atomic E-state index is 0.0496. The molecule has 5 nitrogen and oxygen atoms in total. The normalized spacial score (nSPS) is 11.6. The lowest BCUT2D eigenvalue weighted by atomic mass is 10.1. The second-order valence-electron chi connectivity index (χ2n) is 6.89. The third kappa shape index (κ3) is 7.58. The average Bonchev–Trinajstić information content (AvgIpc) is 2.77. The molecule has 2 aromatic rings. The van der Waals surface area contributed by atoms with Crippen LogP contribution < -0.4 is 10.1 Å². The third-order valence-electron chi connectivity index (χ3n) is 4.63. The summed E-state index contributed by atoms with van der Waals surface area (Å²) in [5.41, 5.74) is 0.949. The van der Waals surface area contributed by atoms with E-state index in [1.807, 2.05) is 55.5 Å². The number of hydrogen-bond acceptors (Lipinski definition) is 4. The van der Waals surface area contributed by atoms with Crippen LogP contribution in [0.15, 0.2) is 53.4 Å². The van der Waals surface area contributed by atoms with Crippen LogP contribution in [0.3, 0.4) is 0 Å². The van der Waals surface area contributed by atoms with Crippen molar-refractivity contribution < 1.29 is 14.3 Å². The van der Waals surface area contributed by atoms with E-state index >= 15 is 0 Å². The molecule has 0 aliphatic rings. The molecular weight excluding hydrogens is 420 g/mol. The van der Waals surface area contributed by atoms with Crippen molar-refractivity contribution in [2.75, 3.05) is 19.4 Å². The first-order valence-corrected chi connectivity index (χ1v) is 11.4. The van der Waals surface area contributed by atoms with E-state index in [1.54, 1.807) is 30.7 Å². The van der Waals surface area contributed by atoms with E-state index in [0.717, 1.165) is 22.6 Å². The molecular formula is C23H29ClN2O3S. The number of ether oxygens (including phenoxy) is 1. The number of carbonyl (C=O) groups excluding carboxylic acids is 2. The summed E-state index contributed by atoms with van der Waals surface area (Å²) in [6, 6.07) is 14.5. The van der Waals surface area contributed by atoms with Gasteiger partial charge >= 0.3 is 0 Å². The van der Waals surface area contributed by atoms with Crippen LogP contribution in [0.2, 0.25) is 5.02 Å². The quantitative estimate of drug-likeness (QED) is 0.503. The highest BCUT2D eigenvalue weighted by Crippen LogP contribution is 2.22. The highest BCUT2D eigenvalue weighted by molar-refractivity contribution is 7.99. The molecule has 2 rings (SSSR count). The van der Waals surface area contributed by atoms with Gasteiger partial charge in [-0.15, -0.1) is 11.8 Å². The fourth-order valence-corrected chi connectivity index (χ4v) is 3.80. The van der Waals surface area contributed by atoms with Gasteiger partial charge in [-0.3, -0.25) is 9.59 Å². The number of methoxy groups -OCH3 is 1. The van der Waals surface area contributed by atoms with Crippen molar-refractivity contribution in [3.8, 4) is 5.75 Å². The van der Waals surface area contributed by atoms with Crippen molar-refractivity contribution in [1.82, 2.24) is 10.2 Å². The molecule has 1 N–H and O–H groups in total. The van der Waals surface area contributed by atoms with Crippen molar-refractivity contribution in [2.45, 2.75) is 44.2 Å². The number of amides is 2. The Hall–Kier alpha value is -2.18. The largest absolute Gasteiger partial charge is 0.497 e. The van der Waals surface area contributed by atoms with E-state index in [2.05, 4.69) is 5.32 Å². The molecule has 1 atom stereocenters. The van der Waals surface area contributed by atoms with Crippen LogP contribution >= 0.6 is 23.4 Å². The van der Waals surface area contributed by atoms with Gasteiger partial charge in [0.05, 0.1) is 7.11 Å². The lowest BCUT2D eigenvalue weighted by molar-refractivity contribution is -0.140. The zero-order valence-corrected chi connectivity index (χ0v) is 19.3. The average molecular weight is 449 g/mol. The number of halogens is 1. The molecule has 30 heavy (non-hydrogen) atoms. The monoisotopic (exact) mass is 448 g/mol. The topological polar surface area (TPSA) is 58.6 Å². The van der Waals surface area contributed by atoms with Crippen molar-refractivity contribution in [3.63, 3.8) is 0 Å². The smallest absolute Gasteiger partial charge is 0.242 e. The van der Waals surface area contributed by atoms with Crippen LogP contribution in [0.25, 0.3) is 0 Å². The third-order valence-corrected chi connectivity index (χ3v) is 5.89. The summed E-state index contributed by atoms with van der Waals surface area (Å²) in [5, 5.41) is 3.58. The Morgan fingerprint density at radius 3 is 2.40 bits per heavy atom. The van der Waals surface area contributed by atoms with E-state index in [4.69, 9.17) is 16.3 Å². The Morgan fingerprint density at radius 1 is 1.13 bits per heavy atom. The van der Waals surface area contributed by atoms with Crippen LogP contribution in [0.4, 0.5) is 0 Å². The van der Waals surface area contributed by atoms with Gasteiger partial charge in [0, 0.05) is 35.2 Å². The number of thioether (sulfide) groups is 1. The van der Waals surface area contributed by atoms with Crippen LogP contribution in [0, 0.1) is 0 Å². The molecule has 0 saturated heterocycles. The summed E-state index contributed by atoms with van der Waals surface area (Å²) >= 11 is 7.52. The molecule has 0 radical (unpaired) electrons. The number of hydrogen-bond donors (Lipinski definition) is 1. The first-order valence-electron chi connectivity index (χ1n) is 10.0. The van der Waals surface area contributed by atoms with Crippen LogP contribution in [-0.2, 0) is 16.1 Å². The van der Waals surface area contributed by atoms with Crippen LogP contribution in [0.1, 0.15) is 32.3 Å². The van der Waals surface area contributed by atoms with Crippen molar-refractivity contribution >= 4 is 35.2 Å². The predicted molar refractivity (Wildman–Crippen MR) is 123 cm³/mol. The van der Waals surface area contributed by atoms with Crippen molar-refractivity contribution in [2.24, 2.45) is 0 Å². The number of benzene rings is 2. The Bertz CT molecular complexity index is 812. The minimum atomic E-state index is -0.549. The van der Waals surface area contributed by atoms with Gasteiger partial charge in [0.2, 0.25) is 11.8 Å². The molecule has 0 aliphatic heterocycles. The molecule has 0 fully saturated rings. The van der Waals surface area contributed by atoms with Gasteiger partial charge in [-0.25, -0.2) is 0 Å². The number of rotatable bonds is 11. The van der Waals surface area contributed by atoms with Gasteiger partial charge in [-0.2, -0.15) is 0 Å². The zero-order chi connectivity index (χ0) is 21.9. The van der Waals surface area contributed by atoms with E-state index in [-0.39, 0.29) is 11.8 Å². The van der Waals surface area contributed by atoms with Gasteiger partial charge in [-0.05, 0) is 55.3 Å². The van der Waals surface area contributed by atoms with Crippen LogP contribution in [0.5, 0.6) is 5.75 Å². The summed E-state index contributed by atoms with van der Waals surface area (Å²) in [5.74, 6) is 1.20. The Balaban J connectivity index is 2.04. The Kier molecular flexibility index (Phi) is 10.0. The van der Waals surface area contributed by atoms with E-state index in [0.29, 0.717) is 30.3 Å². The van der Waals surface area contributed by atoms with Gasteiger partial charge in [-0.1, -0.05) is 30.7 Å². The van der Waals surface area contributed by atoms with Gasteiger partial charge in [0.25, 0.3) is 0 Å². The second-order valence-corrected chi connectivity index (χ2v) is 8.49. The molecule has 162 valence electrons. The maximum absolute atomic E-state index is 13.0. The van der Waals surface area contributed by atoms with E-state index in [1.165, 1.54) is 0 Å². The molecule has 0 heterocycles. The number of nitrogens with zero attached hydrogens (tertiary/aromatic N) is 1. The molecule has 0 saturated carbocycles. The number of nitrogens with one attached hydrogen (secondary N) is 1. The molecule has 0 unspecified atom stereocenters. The van der Waals surface area contributed by atoms with Gasteiger partial charge in [0.1, 0.15) is 11.8 Å². The Morgan fingerprint density at radius 2 is 1.80 bits per heavy atom. The summed E-state index contributed by atoms with van der Waals surface area (Å²) in [6.45, 7) is 4.74.